The Morgan fingerprint density at radius 2 is 2.17 bits per heavy atom. The van der Waals surface area contributed by atoms with Crippen molar-refractivity contribution in [2.24, 2.45) is 5.73 Å². The summed E-state index contributed by atoms with van der Waals surface area (Å²) in [5.74, 6) is 0. The maximum absolute atomic E-state index is 12.3. The minimum absolute atomic E-state index is 0.0654. The lowest BCUT2D eigenvalue weighted by Gasteiger charge is -2.07. The topological polar surface area (TPSA) is 38.9 Å². The van der Waals surface area contributed by atoms with E-state index < -0.39 is 6.43 Å². The number of aromatic nitrogens is 1. The highest BCUT2D eigenvalue weighted by Crippen LogP contribution is 2.24. The molecule has 0 unspecified atom stereocenters. The molecule has 1 rings (SSSR count). The van der Waals surface area contributed by atoms with Crippen molar-refractivity contribution in [2.75, 3.05) is 0 Å². The maximum Gasteiger partial charge on any atom is 0.265 e. The van der Waals surface area contributed by atoms with Crippen LogP contribution in [0.25, 0.3) is 0 Å². The zero-order valence-corrected chi connectivity index (χ0v) is 8.26. The number of nitrogens with zero attached hydrogens (tertiary/aromatic N) is 1. The van der Waals surface area contributed by atoms with Gasteiger partial charge in [-0.1, -0.05) is 0 Å². The van der Waals surface area contributed by atoms with Crippen LogP contribution in [-0.4, -0.2) is 4.98 Å². The van der Waals surface area contributed by atoms with Crippen molar-refractivity contribution in [3.8, 4) is 0 Å². The SMILES string of the molecule is NCc1c(I)cncc1C(F)F. The Morgan fingerprint density at radius 3 is 2.58 bits per heavy atom. The summed E-state index contributed by atoms with van der Waals surface area (Å²) in [5.41, 5.74) is 5.74. The Bertz CT molecular complexity index is 278. The van der Waals surface area contributed by atoms with E-state index in [1.165, 1.54) is 6.20 Å². The van der Waals surface area contributed by atoms with E-state index in [1.54, 1.807) is 0 Å². The molecule has 1 aromatic heterocycles. The van der Waals surface area contributed by atoms with Crippen molar-refractivity contribution >= 4 is 22.6 Å². The summed E-state index contributed by atoms with van der Waals surface area (Å²) >= 11 is 1.94. The highest BCUT2D eigenvalue weighted by molar-refractivity contribution is 14.1. The molecule has 0 aliphatic carbocycles. The van der Waals surface area contributed by atoms with Crippen LogP contribution in [0.2, 0.25) is 0 Å². The molecule has 0 bridgehead atoms. The number of pyridine rings is 1. The van der Waals surface area contributed by atoms with E-state index in [2.05, 4.69) is 4.98 Å². The smallest absolute Gasteiger partial charge is 0.265 e. The summed E-state index contributed by atoms with van der Waals surface area (Å²) in [6.45, 7) is 0.125. The third kappa shape index (κ3) is 1.89. The van der Waals surface area contributed by atoms with Crippen molar-refractivity contribution in [3.05, 3.63) is 27.1 Å². The number of hydrogen-bond donors (Lipinski definition) is 1. The lowest BCUT2D eigenvalue weighted by Crippen LogP contribution is -2.05. The van der Waals surface area contributed by atoms with Gasteiger partial charge in [0.15, 0.2) is 0 Å². The second-order valence-electron chi connectivity index (χ2n) is 2.19. The standard InChI is InChI=1S/C7H7F2IN2/c8-7(9)5-2-12-3-6(10)4(5)1-11/h2-3,7H,1,11H2. The normalized spacial score (nSPS) is 10.8. The Balaban J connectivity index is 3.18. The lowest BCUT2D eigenvalue weighted by molar-refractivity contribution is 0.149. The molecular formula is C7H7F2IN2. The van der Waals surface area contributed by atoms with Gasteiger partial charge in [0.25, 0.3) is 6.43 Å². The fourth-order valence-corrected chi connectivity index (χ4v) is 1.57. The molecule has 0 fully saturated rings. The van der Waals surface area contributed by atoms with E-state index in [-0.39, 0.29) is 12.1 Å². The molecule has 1 aromatic rings. The van der Waals surface area contributed by atoms with Crippen LogP contribution in [-0.2, 0) is 6.54 Å². The molecule has 5 heteroatoms. The molecule has 0 aliphatic heterocycles. The van der Waals surface area contributed by atoms with Gasteiger partial charge in [-0.25, -0.2) is 8.78 Å². The zero-order chi connectivity index (χ0) is 9.14. The largest absolute Gasteiger partial charge is 0.326 e. The molecule has 66 valence electrons. The number of nitrogens with two attached hydrogens (primary N) is 1. The molecule has 12 heavy (non-hydrogen) atoms. The fraction of sp³-hybridized carbons (Fsp3) is 0.286. The van der Waals surface area contributed by atoms with E-state index in [0.29, 0.717) is 9.13 Å². The van der Waals surface area contributed by atoms with Gasteiger partial charge in [0.1, 0.15) is 0 Å². The van der Waals surface area contributed by atoms with Gasteiger partial charge in [0.2, 0.25) is 0 Å². The summed E-state index contributed by atoms with van der Waals surface area (Å²) in [4.78, 5) is 3.67. The van der Waals surface area contributed by atoms with Crippen molar-refractivity contribution in [2.45, 2.75) is 13.0 Å². The molecule has 0 saturated carbocycles. The van der Waals surface area contributed by atoms with Crippen LogP contribution in [0.3, 0.4) is 0 Å². The first-order valence-electron chi connectivity index (χ1n) is 3.27. The molecule has 0 radical (unpaired) electrons. The van der Waals surface area contributed by atoms with Crippen molar-refractivity contribution in [3.63, 3.8) is 0 Å². The minimum Gasteiger partial charge on any atom is -0.326 e. The van der Waals surface area contributed by atoms with Crippen molar-refractivity contribution in [1.82, 2.24) is 4.98 Å². The molecule has 0 spiro atoms. The summed E-state index contributed by atoms with van der Waals surface area (Å²) < 4.78 is 25.3. The molecule has 0 aromatic carbocycles. The highest BCUT2D eigenvalue weighted by Gasteiger charge is 2.14. The first kappa shape index (κ1) is 9.79. The Kier molecular flexibility index (Phi) is 3.33. The number of halogens is 3. The van der Waals surface area contributed by atoms with Crippen LogP contribution >= 0.6 is 22.6 Å². The third-order valence-corrected chi connectivity index (χ3v) is 2.41. The average molecular weight is 284 g/mol. The van der Waals surface area contributed by atoms with Gasteiger partial charge in [-0.2, -0.15) is 0 Å². The van der Waals surface area contributed by atoms with Crippen LogP contribution in [0.15, 0.2) is 12.4 Å². The highest BCUT2D eigenvalue weighted by atomic mass is 127. The van der Waals surface area contributed by atoms with E-state index in [0.717, 1.165) is 6.20 Å². The first-order chi connectivity index (χ1) is 5.66. The molecule has 0 aliphatic rings. The molecule has 2 nitrogen and oxygen atoms in total. The molecule has 0 saturated heterocycles. The number of hydrogen-bond acceptors (Lipinski definition) is 2. The molecule has 1 heterocycles. The second-order valence-corrected chi connectivity index (χ2v) is 3.36. The average Bonchev–Trinajstić information content (AvgIpc) is 2.03. The summed E-state index contributed by atoms with van der Waals surface area (Å²) in [6.07, 6.45) is 0.190. The van der Waals surface area contributed by atoms with Gasteiger partial charge in [-0.05, 0) is 28.2 Å². The van der Waals surface area contributed by atoms with E-state index in [1.807, 2.05) is 22.6 Å². The quantitative estimate of drug-likeness (QED) is 0.844. The number of alkyl halides is 2. The molecule has 2 N–H and O–H groups in total. The van der Waals surface area contributed by atoms with Crippen LogP contribution in [0.1, 0.15) is 17.6 Å². The van der Waals surface area contributed by atoms with E-state index in [4.69, 9.17) is 5.73 Å². The van der Waals surface area contributed by atoms with Gasteiger partial charge in [-0.3, -0.25) is 4.98 Å². The Morgan fingerprint density at radius 1 is 1.50 bits per heavy atom. The Labute approximate surface area is 82.3 Å². The lowest BCUT2D eigenvalue weighted by atomic mass is 10.1. The van der Waals surface area contributed by atoms with E-state index >= 15 is 0 Å². The van der Waals surface area contributed by atoms with Crippen LogP contribution < -0.4 is 5.73 Å². The van der Waals surface area contributed by atoms with Crippen LogP contribution in [0.5, 0.6) is 0 Å². The fourth-order valence-electron chi connectivity index (χ4n) is 0.880. The van der Waals surface area contributed by atoms with Crippen molar-refractivity contribution < 1.29 is 8.78 Å². The summed E-state index contributed by atoms with van der Waals surface area (Å²) in [7, 11) is 0. The number of rotatable bonds is 2. The predicted octanol–water partition coefficient (Wildman–Crippen LogP) is 2.08. The van der Waals surface area contributed by atoms with Gasteiger partial charge in [0, 0.05) is 28.1 Å². The van der Waals surface area contributed by atoms with Gasteiger partial charge in [0.05, 0.1) is 0 Å². The van der Waals surface area contributed by atoms with Gasteiger partial charge in [-0.15, -0.1) is 0 Å². The minimum atomic E-state index is -2.49. The van der Waals surface area contributed by atoms with E-state index in [9.17, 15) is 8.78 Å². The van der Waals surface area contributed by atoms with Crippen LogP contribution in [0.4, 0.5) is 8.78 Å². The molecule has 0 atom stereocenters. The second kappa shape index (κ2) is 4.08. The molecule has 0 amide bonds. The third-order valence-electron chi connectivity index (χ3n) is 1.48. The van der Waals surface area contributed by atoms with Gasteiger partial charge >= 0.3 is 0 Å². The molecular weight excluding hydrogens is 277 g/mol. The predicted molar refractivity (Wildman–Crippen MR) is 49.8 cm³/mol. The zero-order valence-electron chi connectivity index (χ0n) is 6.10. The monoisotopic (exact) mass is 284 g/mol. The first-order valence-corrected chi connectivity index (χ1v) is 4.35. The maximum atomic E-state index is 12.3. The summed E-state index contributed by atoms with van der Waals surface area (Å²) in [5, 5.41) is 0. The van der Waals surface area contributed by atoms with Crippen LogP contribution in [0, 0.1) is 3.57 Å². The van der Waals surface area contributed by atoms with Crippen molar-refractivity contribution in [1.29, 1.82) is 0 Å². The Hall–Kier alpha value is -0.300. The van der Waals surface area contributed by atoms with Gasteiger partial charge < -0.3 is 5.73 Å². The summed E-state index contributed by atoms with van der Waals surface area (Å²) in [6, 6.07) is 0.